The summed E-state index contributed by atoms with van der Waals surface area (Å²) in [6.45, 7) is 15.4. The number of rotatable bonds is 3. The van der Waals surface area contributed by atoms with E-state index < -0.39 is 5.60 Å². The summed E-state index contributed by atoms with van der Waals surface area (Å²) in [5.74, 6) is 0. The minimum Gasteiger partial charge on any atom is -0.444 e. The third-order valence-electron chi connectivity index (χ3n) is 7.30. The van der Waals surface area contributed by atoms with E-state index in [2.05, 4.69) is 70.2 Å². The summed E-state index contributed by atoms with van der Waals surface area (Å²) >= 11 is 0. The fourth-order valence-corrected chi connectivity index (χ4v) is 5.64. The molecule has 6 nitrogen and oxygen atoms in total. The Hall–Kier alpha value is -2.57. The van der Waals surface area contributed by atoms with Gasteiger partial charge in [-0.25, -0.2) is 4.79 Å². The number of carbonyl (C=O) groups excluding carboxylic acids is 1. The molecular weight excluding hydrogens is 424 g/mol. The normalized spacial score (nSPS) is 23.5. The van der Waals surface area contributed by atoms with Crippen LogP contribution in [-0.4, -0.2) is 71.7 Å². The molecule has 3 heterocycles. The van der Waals surface area contributed by atoms with Crippen molar-refractivity contribution < 1.29 is 9.53 Å². The molecule has 0 N–H and O–H groups in total. The molecule has 34 heavy (non-hydrogen) atoms. The maximum atomic E-state index is 12.4. The van der Waals surface area contributed by atoms with E-state index in [9.17, 15) is 4.79 Å². The van der Waals surface area contributed by atoms with Crippen LogP contribution >= 0.6 is 0 Å². The first-order valence-electron chi connectivity index (χ1n) is 12.6. The number of ether oxygens (including phenoxy) is 1. The largest absolute Gasteiger partial charge is 0.444 e. The number of hydrogen-bond donors (Lipinski definition) is 0. The van der Waals surface area contributed by atoms with E-state index in [-0.39, 0.29) is 6.09 Å². The Balaban J connectivity index is 1.23. The van der Waals surface area contributed by atoms with Gasteiger partial charge in [0, 0.05) is 70.1 Å². The third kappa shape index (κ3) is 4.93. The van der Waals surface area contributed by atoms with Crippen LogP contribution in [0.2, 0.25) is 0 Å². The van der Waals surface area contributed by atoms with Crippen molar-refractivity contribution in [2.45, 2.75) is 58.5 Å². The van der Waals surface area contributed by atoms with Crippen LogP contribution in [0.25, 0.3) is 0 Å². The van der Waals surface area contributed by atoms with Crippen LogP contribution in [0.3, 0.4) is 0 Å². The quantitative estimate of drug-likeness (QED) is 0.671. The Morgan fingerprint density at radius 2 is 1.74 bits per heavy atom. The minimum atomic E-state index is -0.450. The maximum absolute atomic E-state index is 12.4. The highest BCUT2D eigenvalue weighted by molar-refractivity contribution is 5.68. The Morgan fingerprint density at radius 3 is 2.44 bits per heavy atom. The molecule has 3 aliphatic rings. The number of piperazine rings is 2. The zero-order valence-electron chi connectivity index (χ0n) is 21.0. The average Bonchev–Trinajstić information content (AvgIpc) is 3.17. The number of fused-ring (bicyclic) bond motifs is 3. The fraction of sp³-hybridized carbons (Fsp3) is 0.536. The minimum absolute atomic E-state index is 0.202. The fourth-order valence-electron chi connectivity index (χ4n) is 5.64. The predicted octanol–water partition coefficient (Wildman–Crippen LogP) is 4.50. The topological polar surface area (TPSA) is 39.3 Å². The van der Waals surface area contributed by atoms with Crippen LogP contribution in [0.15, 0.2) is 48.5 Å². The molecule has 2 unspecified atom stereocenters. The molecule has 1 amide bonds. The standard InChI is InChI=1S/C28H38N4O2/c1-21-17-29(18-22-8-6-5-7-9-22)20-26-25-11-10-24(16-23(25)19-32(21)26)30-12-14-31(15-13-30)27(33)34-28(2,3)4/h5-11,16,21,26H,12-15,17-20H2,1-4H3. The summed E-state index contributed by atoms with van der Waals surface area (Å²) in [4.78, 5) is 21.9. The molecule has 2 aromatic carbocycles. The van der Waals surface area contributed by atoms with Crippen LogP contribution in [0.5, 0.6) is 0 Å². The number of benzene rings is 2. The van der Waals surface area contributed by atoms with Crippen molar-refractivity contribution >= 4 is 11.8 Å². The van der Waals surface area contributed by atoms with Gasteiger partial charge in [-0.05, 0) is 56.5 Å². The second-order valence-electron chi connectivity index (χ2n) is 11.1. The molecule has 5 rings (SSSR count). The van der Waals surface area contributed by atoms with Gasteiger partial charge in [-0.1, -0.05) is 36.4 Å². The third-order valence-corrected chi connectivity index (χ3v) is 7.30. The van der Waals surface area contributed by atoms with Gasteiger partial charge in [0.15, 0.2) is 0 Å². The molecule has 0 radical (unpaired) electrons. The summed E-state index contributed by atoms with van der Waals surface area (Å²) in [5.41, 5.74) is 5.17. The second-order valence-corrected chi connectivity index (χ2v) is 11.1. The molecule has 2 aromatic rings. The smallest absolute Gasteiger partial charge is 0.410 e. The molecule has 6 heteroatoms. The van der Waals surface area contributed by atoms with E-state index in [0.29, 0.717) is 25.2 Å². The van der Waals surface area contributed by atoms with Gasteiger partial charge in [0.25, 0.3) is 0 Å². The number of amides is 1. The van der Waals surface area contributed by atoms with Gasteiger partial charge in [0.1, 0.15) is 5.60 Å². The van der Waals surface area contributed by atoms with E-state index >= 15 is 0 Å². The lowest BCUT2D eigenvalue weighted by atomic mass is 10.0. The van der Waals surface area contributed by atoms with Crippen molar-refractivity contribution in [3.05, 3.63) is 65.2 Å². The highest BCUT2D eigenvalue weighted by Crippen LogP contribution is 2.40. The number of carbonyl (C=O) groups is 1. The number of hydrogen-bond acceptors (Lipinski definition) is 5. The zero-order valence-corrected chi connectivity index (χ0v) is 21.0. The lowest BCUT2D eigenvalue weighted by Gasteiger charge is -2.42. The molecular formula is C28H38N4O2. The van der Waals surface area contributed by atoms with E-state index in [4.69, 9.17) is 4.74 Å². The Morgan fingerprint density at radius 1 is 1.00 bits per heavy atom. The van der Waals surface area contributed by atoms with Crippen molar-refractivity contribution in [3.63, 3.8) is 0 Å². The molecule has 0 aromatic heterocycles. The molecule has 182 valence electrons. The van der Waals surface area contributed by atoms with Crippen molar-refractivity contribution in [1.82, 2.24) is 14.7 Å². The molecule has 2 fully saturated rings. The van der Waals surface area contributed by atoms with Crippen LogP contribution < -0.4 is 4.90 Å². The van der Waals surface area contributed by atoms with E-state index in [0.717, 1.165) is 39.3 Å². The van der Waals surface area contributed by atoms with Gasteiger partial charge >= 0.3 is 6.09 Å². The number of anilines is 1. The average molecular weight is 463 g/mol. The molecule has 0 bridgehead atoms. The lowest BCUT2D eigenvalue weighted by Crippen LogP contribution is -2.50. The lowest BCUT2D eigenvalue weighted by molar-refractivity contribution is 0.0240. The zero-order chi connectivity index (χ0) is 23.9. The first-order valence-corrected chi connectivity index (χ1v) is 12.6. The SMILES string of the molecule is CC1CN(Cc2ccccc2)CC2c3ccc(N4CCN(C(=O)OC(C)(C)C)CC4)cc3CN12. The monoisotopic (exact) mass is 462 g/mol. The maximum Gasteiger partial charge on any atom is 0.410 e. The number of nitrogens with zero attached hydrogens (tertiary/aromatic N) is 4. The Kier molecular flexibility index (Phi) is 6.30. The van der Waals surface area contributed by atoms with Crippen molar-refractivity contribution in [2.75, 3.05) is 44.2 Å². The van der Waals surface area contributed by atoms with Crippen LogP contribution in [0.1, 0.15) is 50.4 Å². The highest BCUT2D eigenvalue weighted by Gasteiger charge is 2.39. The van der Waals surface area contributed by atoms with Gasteiger partial charge in [0.2, 0.25) is 0 Å². The van der Waals surface area contributed by atoms with Gasteiger partial charge in [-0.2, -0.15) is 0 Å². The molecule has 2 saturated heterocycles. The molecule has 0 spiro atoms. The summed E-state index contributed by atoms with van der Waals surface area (Å²) in [5, 5.41) is 0. The van der Waals surface area contributed by atoms with Gasteiger partial charge in [-0.15, -0.1) is 0 Å². The summed E-state index contributed by atoms with van der Waals surface area (Å²) in [6, 6.07) is 18.9. The van der Waals surface area contributed by atoms with Crippen molar-refractivity contribution in [1.29, 1.82) is 0 Å². The molecule has 3 aliphatic heterocycles. The van der Waals surface area contributed by atoms with Crippen molar-refractivity contribution in [2.24, 2.45) is 0 Å². The van der Waals surface area contributed by atoms with Crippen LogP contribution in [0, 0.1) is 0 Å². The summed E-state index contributed by atoms with van der Waals surface area (Å²) < 4.78 is 5.55. The summed E-state index contributed by atoms with van der Waals surface area (Å²) in [7, 11) is 0. The van der Waals surface area contributed by atoms with E-state index in [1.165, 1.54) is 22.4 Å². The van der Waals surface area contributed by atoms with Crippen molar-refractivity contribution in [3.8, 4) is 0 Å². The first kappa shape index (κ1) is 23.2. The molecule has 0 aliphatic carbocycles. The first-order chi connectivity index (χ1) is 16.3. The molecule has 0 saturated carbocycles. The molecule has 2 atom stereocenters. The van der Waals surface area contributed by atoms with Crippen LogP contribution in [0.4, 0.5) is 10.5 Å². The van der Waals surface area contributed by atoms with E-state index in [1.807, 2.05) is 25.7 Å². The van der Waals surface area contributed by atoms with Gasteiger partial charge in [0.05, 0.1) is 0 Å². The second kappa shape index (κ2) is 9.23. The Labute approximate surface area is 204 Å². The van der Waals surface area contributed by atoms with Gasteiger partial charge in [-0.3, -0.25) is 9.80 Å². The predicted molar refractivity (Wildman–Crippen MR) is 136 cm³/mol. The summed E-state index contributed by atoms with van der Waals surface area (Å²) in [6.07, 6.45) is -0.202. The van der Waals surface area contributed by atoms with Crippen LogP contribution in [-0.2, 0) is 17.8 Å². The highest BCUT2D eigenvalue weighted by atomic mass is 16.6. The van der Waals surface area contributed by atoms with E-state index in [1.54, 1.807) is 0 Å². The van der Waals surface area contributed by atoms with Gasteiger partial charge < -0.3 is 14.5 Å². The Bertz CT molecular complexity index is 1010.